The fourth-order valence-electron chi connectivity index (χ4n) is 3.71. The standard InChI is InChI=1S/C20H15F8N3O4/c1-7-12(9-2-3-10(21)13(22)14(9)34-18(23)24)15(35-19(7,25)20(26,27)28)17(33)31-8-4-5-30-11(6-8)16(29)32/h2-7,12,15,18H,1H3,(H2,29,32)(H,30,31,33)/t7-,12-,15+,19-/m0/s1. The molecule has 0 spiro atoms. The molecule has 7 nitrogen and oxygen atoms in total. The highest BCUT2D eigenvalue weighted by molar-refractivity contribution is 5.97. The van der Waals surface area contributed by atoms with Gasteiger partial charge >= 0.3 is 18.6 Å². The molecule has 1 saturated heterocycles. The van der Waals surface area contributed by atoms with Gasteiger partial charge in [-0.2, -0.15) is 26.3 Å². The minimum absolute atomic E-state index is 0.216. The molecule has 1 aromatic heterocycles. The number of halogens is 8. The van der Waals surface area contributed by atoms with Crippen LogP contribution in [0.1, 0.15) is 28.9 Å². The predicted octanol–water partition coefficient (Wildman–Crippen LogP) is 4.05. The monoisotopic (exact) mass is 513 g/mol. The molecular formula is C20H15F8N3O4. The van der Waals surface area contributed by atoms with Crippen LogP contribution in [0.2, 0.25) is 0 Å². The molecule has 0 bridgehead atoms. The smallest absolute Gasteiger partial charge is 0.431 e. The quantitative estimate of drug-likeness (QED) is 0.568. The highest BCUT2D eigenvalue weighted by Gasteiger charge is 2.70. The van der Waals surface area contributed by atoms with E-state index in [1.165, 1.54) is 0 Å². The first-order valence-corrected chi connectivity index (χ1v) is 9.60. The molecule has 35 heavy (non-hydrogen) atoms. The fourth-order valence-corrected chi connectivity index (χ4v) is 3.71. The van der Waals surface area contributed by atoms with Gasteiger partial charge in [0.15, 0.2) is 11.6 Å². The summed E-state index contributed by atoms with van der Waals surface area (Å²) >= 11 is 0. The molecule has 1 aliphatic heterocycles. The van der Waals surface area contributed by atoms with Crippen molar-refractivity contribution >= 4 is 17.5 Å². The Morgan fingerprint density at radius 1 is 1.23 bits per heavy atom. The number of aromatic nitrogens is 1. The Hall–Kier alpha value is -3.49. The van der Waals surface area contributed by atoms with E-state index in [-0.39, 0.29) is 11.4 Å². The number of nitrogens with one attached hydrogen (secondary N) is 1. The summed E-state index contributed by atoms with van der Waals surface area (Å²) in [6, 6.07) is 3.02. The SMILES string of the molecule is C[C@H]1[C@@H](c2ccc(F)c(F)c2OC(F)F)[C@H](C(=O)Nc2ccnc(C(N)=O)c2)O[C@]1(F)C(F)(F)F. The lowest BCUT2D eigenvalue weighted by molar-refractivity contribution is -0.334. The maximum Gasteiger partial charge on any atom is 0.448 e. The Labute approximate surface area is 191 Å². The van der Waals surface area contributed by atoms with E-state index in [9.17, 15) is 40.3 Å². The lowest BCUT2D eigenvalue weighted by atomic mass is 9.81. The van der Waals surface area contributed by atoms with E-state index >= 15 is 4.39 Å². The fraction of sp³-hybridized carbons (Fsp3) is 0.350. The van der Waals surface area contributed by atoms with Crippen molar-refractivity contribution in [1.29, 1.82) is 0 Å². The van der Waals surface area contributed by atoms with E-state index in [1.807, 2.05) is 0 Å². The van der Waals surface area contributed by atoms with Crippen LogP contribution in [-0.4, -0.2) is 41.5 Å². The van der Waals surface area contributed by atoms with Gasteiger partial charge in [0.25, 0.3) is 11.8 Å². The average molecular weight is 513 g/mol. The number of carbonyl (C=O) groups excluding carboxylic acids is 2. The highest BCUT2D eigenvalue weighted by atomic mass is 19.4. The molecule has 2 amide bonds. The van der Waals surface area contributed by atoms with Crippen LogP contribution in [0.5, 0.6) is 5.75 Å². The van der Waals surface area contributed by atoms with Crippen molar-refractivity contribution in [2.75, 3.05) is 5.32 Å². The molecular weight excluding hydrogens is 498 g/mol. The number of alkyl halides is 6. The van der Waals surface area contributed by atoms with Crippen LogP contribution >= 0.6 is 0 Å². The van der Waals surface area contributed by atoms with E-state index in [1.54, 1.807) is 0 Å². The maximum atomic E-state index is 15.1. The van der Waals surface area contributed by atoms with Gasteiger partial charge in [-0.25, -0.2) is 8.78 Å². The largest absolute Gasteiger partial charge is 0.448 e. The molecule has 15 heteroatoms. The third-order valence-electron chi connectivity index (χ3n) is 5.32. The molecule has 1 fully saturated rings. The molecule has 1 aliphatic rings. The van der Waals surface area contributed by atoms with Gasteiger partial charge in [-0.3, -0.25) is 14.6 Å². The van der Waals surface area contributed by atoms with E-state index < -0.39 is 71.3 Å². The van der Waals surface area contributed by atoms with Crippen LogP contribution in [0, 0.1) is 17.6 Å². The molecule has 0 saturated carbocycles. The van der Waals surface area contributed by atoms with Gasteiger partial charge in [0.1, 0.15) is 11.8 Å². The van der Waals surface area contributed by atoms with Crippen molar-refractivity contribution in [2.45, 2.75) is 37.6 Å². The number of hydrogen-bond donors (Lipinski definition) is 2. The summed E-state index contributed by atoms with van der Waals surface area (Å²) in [7, 11) is 0. The van der Waals surface area contributed by atoms with Gasteiger partial charge < -0.3 is 20.5 Å². The second-order valence-electron chi connectivity index (χ2n) is 7.44. The summed E-state index contributed by atoms with van der Waals surface area (Å²) in [5.41, 5.74) is 3.64. The van der Waals surface area contributed by atoms with E-state index in [0.29, 0.717) is 19.1 Å². The Bertz CT molecular complexity index is 1150. The third kappa shape index (κ3) is 4.85. The van der Waals surface area contributed by atoms with Crippen molar-refractivity contribution < 1.29 is 54.2 Å². The molecule has 190 valence electrons. The Morgan fingerprint density at radius 3 is 2.46 bits per heavy atom. The predicted molar refractivity (Wildman–Crippen MR) is 101 cm³/mol. The second kappa shape index (κ2) is 9.28. The topological polar surface area (TPSA) is 104 Å². The van der Waals surface area contributed by atoms with Crippen LogP contribution in [0.25, 0.3) is 0 Å². The van der Waals surface area contributed by atoms with Gasteiger partial charge in [0.05, 0.1) is 0 Å². The number of amides is 2. The molecule has 2 heterocycles. The maximum absolute atomic E-state index is 15.1. The van der Waals surface area contributed by atoms with Gasteiger partial charge in [-0.05, 0) is 18.2 Å². The van der Waals surface area contributed by atoms with Gasteiger partial charge in [-0.15, -0.1) is 0 Å². The molecule has 1 aromatic carbocycles. The number of carbonyl (C=O) groups is 2. The number of primary amides is 1. The first-order valence-electron chi connectivity index (χ1n) is 9.60. The number of rotatable bonds is 6. The van der Waals surface area contributed by atoms with Crippen LogP contribution in [0.15, 0.2) is 30.5 Å². The zero-order chi connectivity index (χ0) is 26.3. The molecule has 2 aromatic rings. The third-order valence-corrected chi connectivity index (χ3v) is 5.32. The Morgan fingerprint density at radius 2 is 1.89 bits per heavy atom. The normalized spacial score (nSPS) is 24.5. The van der Waals surface area contributed by atoms with E-state index in [2.05, 4.69) is 19.8 Å². The van der Waals surface area contributed by atoms with Crippen LogP contribution in [0.4, 0.5) is 40.8 Å². The number of nitrogens with two attached hydrogens (primary N) is 1. The van der Waals surface area contributed by atoms with E-state index in [0.717, 1.165) is 18.3 Å². The van der Waals surface area contributed by atoms with Crippen molar-refractivity contribution in [3.8, 4) is 5.75 Å². The van der Waals surface area contributed by atoms with Gasteiger partial charge in [-0.1, -0.05) is 13.0 Å². The van der Waals surface area contributed by atoms with Crippen LogP contribution in [0.3, 0.4) is 0 Å². The summed E-state index contributed by atoms with van der Waals surface area (Å²) in [5.74, 6) is -16.5. The molecule has 3 rings (SSSR count). The summed E-state index contributed by atoms with van der Waals surface area (Å²) < 4.78 is 118. The minimum atomic E-state index is -5.71. The molecule has 0 aliphatic carbocycles. The second-order valence-corrected chi connectivity index (χ2v) is 7.44. The number of anilines is 1. The average Bonchev–Trinajstić information content (AvgIpc) is 3.04. The summed E-state index contributed by atoms with van der Waals surface area (Å²) in [6.45, 7) is -3.09. The van der Waals surface area contributed by atoms with Crippen LogP contribution < -0.4 is 15.8 Å². The van der Waals surface area contributed by atoms with Gasteiger partial charge in [0.2, 0.25) is 5.82 Å². The molecule has 3 N–H and O–H groups in total. The number of nitrogens with zero attached hydrogens (tertiary/aromatic N) is 1. The zero-order valence-corrected chi connectivity index (χ0v) is 17.4. The van der Waals surface area contributed by atoms with Crippen molar-refractivity contribution in [2.24, 2.45) is 11.7 Å². The summed E-state index contributed by atoms with van der Waals surface area (Å²) in [6.07, 6.45) is -7.09. The zero-order valence-electron chi connectivity index (χ0n) is 17.4. The van der Waals surface area contributed by atoms with Crippen molar-refractivity contribution in [3.05, 3.63) is 53.4 Å². The molecule has 0 radical (unpaired) electrons. The number of benzene rings is 1. The van der Waals surface area contributed by atoms with Crippen molar-refractivity contribution in [1.82, 2.24) is 4.98 Å². The highest BCUT2D eigenvalue weighted by Crippen LogP contribution is 2.56. The summed E-state index contributed by atoms with van der Waals surface area (Å²) in [5, 5.41) is 2.07. The molecule has 0 unspecified atom stereocenters. The number of ether oxygens (including phenoxy) is 2. The molecule has 4 atom stereocenters. The lowest BCUT2D eigenvalue weighted by Crippen LogP contribution is -2.46. The minimum Gasteiger partial charge on any atom is -0.431 e. The first-order chi connectivity index (χ1) is 16.2. The number of hydrogen-bond acceptors (Lipinski definition) is 5. The first kappa shape index (κ1) is 26.1. The Balaban J connectivity index is 2.10. The van der Waals surface area contributed by atoms with Crippen molar-refractivity contribution in [3.63, 3.8) is 0 Å². The van der Waals surface area contributed by atoms with E-state index in [4.69, 9.17) is 5.73 Å². The Kier molecular flexibility index (Phi) is 6.93. The number of pyridine rings is 1. The van der Waals surface area contributed by atoms with Gasteiger partial charge in [0, 0.05) is 29.3 Å². The van der Waals surface area contributed by atoms with Crippen LogP contribution in [-0.2, 0) is 9.53 Å². The summed E-state index contributed by atoms with van der Waals surface area (Å²) in [4.78, 5) is 27.7. The lowest BCUT2D eigenvalue weighted by Gasteiger charge is -2.27.